The lowest BCUT2D eigenvalue weighted by Crippen LogP contribution is -2.07. The molecule has 0 amide bonds. The lowest BCUT2D eigenvalue weighted by atomic mass is 10.2. The van der Waals surface area contributed by atoms with Gasteiger partial charge in [0.25, 0.3) is 0 Å². The lowest BCUT2D eigenvalue weighted by Gasteiger charge is -2.09. The Bertz CT molecular complexity index is 626. The van der Waals surface area contributed by atoms with E-state index in [9.17, 15) is 13.6 Å². The van der Waals surface area contributed by atoms with Gasteiger partial charge in [-0.05, 0) is 35.9 Å². The third-order valence-corrected chi connectivity index (χ3v) is 2.64. The Hall–Kier alpha value is -2.43. The van der Waals surface area contributed by atoms with Gasteiger partial charge in [0, 0.05) is 0 Å². The molecule has 2 rings (SSSR count). The van der Waals surface area contributed by atoms with Crippen LogP contribution in [0.5, 0.6) is 5.75 Å². The van der Waals surface area contributed by atoms with Crippen molar-refractivity contribution in [1.82, 2.24) is 0 Å². The van der Waals surface area contributed by atoms with E-state index in [1.54, 1.807) is 6.07 Å². The van der Waals surface area contributed by atoms with Crippen molar-refractivity contribution in [2.75, 3.05) is 7.11 Å². The molecule has 0 saturated carbocycles. The number of halogens is 2. The molecule has 0 unspecified atom stereocenters. The average Bonchev–Trinajstić information content (AvgIpc) is 2.45. The molecule has 5 heteroatoms. The Morgan fingerprint density at radius 3 is 2.55 bits per heavy atom. The van der Waals surface area contributed by atoms with Crippen molar-refractivity contribution in [2.45, 2.75) is 6.61 Å². The molecule has 0 bridgehead atoms. The maximum Gasteiger partial charge on any atom is 0.342 e. The van der Waals surface area contributed by atoms with Crippen molar-refractivity contribution in [3.05, 3.63) is 65.2 Å². The van der Waals surface area contributed by atoms with Gasteiger partial charge in [-0.1, -0.05) is 12.1 Å². The van der Waals surface area contributed by atoms with E-state index in [2.05, 4.69) is 0 Å². The fraction of sp³-hybridized carbons (Fsp3) is 0.133. The summed E-state index contributed by atoms with van der Waals surface area (Å²) in [6.45, 7) is -0.101. The third-order valence-electron chi connectivity index (χ3n) is 2.64. The van der Waals surface area contributed by atoms with Crippen LogP contribution >= 0.6 is 0 Å². The Kier molecular flexibility index (Phi) is 4.30. The first kappa shape index (κ1) is 14.0. The summed E-state index contributed by atoms with van der Waals surface area (Å²) in [5.74, 6) is -1.49. The van der Waals surface area contributed by atoms with Crippen molar-refractivity contribution < 1.29 is 23.0 Å². The number of carbonyl (C=O) groups is 1. The molecular formula is C15H12F2O3. The topological polar surface area (TPSA) is 35.5 Å². The standard InChI is InChI=1S/C15H12F2O3/c1-19-14-6-5-12(17)8-13(14)15(18)20-9-10-3-2-4-11(16)7-10/h2-8H,9H2,1H3. The average molecular weight is 278 g/mol. The van der Waals surface area contributed by atoms with E-state index in [1.165, 1.54) is 37.4 Å². The first-order valence-corrected chi connectivity index (χ1v) is 5.85. The minimum atomic E-state index is -0.731. The molecule has 0 fully saturated rings. The highest BCUT2D eigenvalue weighted by Crippen LogP contribution is 2.20. The lowest BCUT2D eigenvalue weighted by molar-refractivity contribution is 0.0468. The molecule has 20 heavy (non-hydrogen) atoms. The number of esters is 1. The Morgan fingerprint density at radius 1 is 1.10 bits per heavy atom. The van der Waals surface area contributed by atoms with Gasteiger partial charge in [0.05, 0.1) is 7.11 Å². The summed E-state index contributed by atoms with van der Waals surface area (Å²) >= 11 is 0. The van der Waals surface area contributed by atoms with Crippen LogP contribution in [-0.2, 0) is 11.3 Å². The van der Waals surface area contributed by atoms with Crippen molar-refractivity contribution in [3.8, 4) is 5.75 Å². The Labute approximate surface area is 114 Å². The number of ether oxygens (including phenoxy) is 2. The third kappa shape index (κ3) is 3.32. The molecule has 0 aliphatic rings. The Morgan fingerprint density at radius 2 is 1.85 bits per heavy atom. The SMILES string of the molecule is COc1ccc(F)cc1C(=O)OCc1cccc(F)c1. The van der Waals surface area contributed by atoms with Crippen molar-refractivity contribution in [3.63, 3.8) is 0 Å². The summed E-state index contributed by atoms with van der Waals surface area (Å²) in [4.78, 5) is 11.9. The zero-order chi connectivity index (χ0) is 14.5. The van der Waals surface area contributed by atoms with Crippen molar-refractivity contribution in [2.24, 2.45) is 0 Å². The van der Waals surface area contributed by atoms with E-state index < -0.39 is 17.6 Å². The van der Waals surface area contributed by atoms with Crippen LogP contribution in [0.15, 0.2) is 42.5 Å². The van der Waals surface area contributed by atoms with Crippen LogP contribution in [0.1, 0.15) is 15.9 Å². The summed E-state index contributed by atoms with van der Waals surface area (Å²) in [5, 5.41) is 0. The second kappa shape index (κ2) is 6.14. The van der Waals surface area contributed by atoms with Gasteiger partial charge in [-0.15, -0.1) is 0 Å². The molecule has 0 radical (unpaired) electrons. The normalized spacial score (nSPS) is 10.2. The number of hydrogen-bond acceptors (Lipinski definition) is 3. The smallest absolute Gasteiger partial charge is 0.342 e. The van der Waals surface area contributed by atoms with E-state index in [1.807, 2.05) is 0 Å². The highest BCUT2D eigenvalue weighted by molar-refractivity contribution is 5.92. The molecule has 0 aromatic heterocycles. The highest BCUT2D eigenvalue weighted by atomic mass is 19.1. The first-order valence-electron chi connectivity index (χ1n) is 5.85. The van der Waals surface area contributed by atoms with E-state index in [4.69, 9.17) is 9.47 Å². The summed E-state index contributed by atoms with van der Waals surface area (Å²) in [5.41, 5.74) is 0.498. The Balaban J connectivity index is 2.10. The molecular weight excluding hydrogens is 266 g/mol. The minimum absolute atomic E-state index is 0.0103. The number of hydrogen-bond donors (Lipinski definition) is 0. The van der Waals surface area contributed by atoms with Gasteiger partial charge < -0.3 is 9.47 Å². The molecule has 0 saturated heterocycles. The first-order chi connectivity index (χ1) is 9.60. The van der Waals surface area contributed by atoms with Crippen LogP contribution in [0, 0.1) is 11.6 Å². The number of methoxy groups -OCH3 is 1. The van der Waals surface area contributed by atoms with Crippen molar-refractivity contribution in [1.29, 1.82) is 0 Å². The fourth-order valence-electron chi connectivity index (χ4n) is 1.69. The van der Waals surface area contributed by atoms with Crippen LogP contribution in [0.25, 0.3) is 0 Å². The van der Waals surface area contributed by atoms with Crippen LogP contribution in [0.2, 0.25) is 0 Å². The second-order valence-corrected chi connectivity index (χ2v) is 4.05. The predicted octanol–water partition coefficient (Wildman–Crippen LogP) is 3.33. The zero-order valence-corrected chi connectivity index (χ0v) is 10.7. The number of rotatable bonds is 4. The van der Waals surface area contributed by atoms with Crippen LogP contribution in [0.4, 0.5) is 8.78 Å². The van der Waals surface area contributed by atoms with Gasteiger partial charge in [-0.2, -0.15) is 0 Å². The van der Waals surface area contributed by atoms with Crippen LogP contribution in [-0.4, -0.2) is 13.1 Å². The molecule has 104 valence electrons. The highest BCUT2D eigenvalue weighted by Gasteiger charge is 2.15. The molecule has 2 aromatic rings. The monoisotopic (exact) mass is 278 g/mol. The van der Waals surface area contributed by atoms with Gasteiger partial charge in [0.2, 0.25) is 0 Å². The number of benzene rings is 2. The van der Waals surface area contributed by atoms with Gasteiger partial charge in [-0.3, -0.25) is 0 Å². The van der Waals surface area contributed by atoms with Gasteiger partial charge in [0.1, 0.15) is 29.6 Å². The molecule has 0 spiro atoms. The predicted molar refractivity (Wildman–Crippen MR) is 68.5 cm³/mol. The summed E-state index contributed by atoms with van der Waals surface area (Å²) in [7, 11) is 1.37. The quantitative estimate of drug-likeness (QED) is 0.805. The second-order valence-electron chi connectivity index (χ2n) is 4.05. The van der Waals surface area contributed by atoms with Crippen LogP contribution in [0.3, 0.4) is 0 Å². The molecule has 0 aliphatic heterocycles. The minimum Gasteiger partial charge on any atom is -0.496 e. The van der Waals surface area contributed by atoms with Gasteiger partial charge in [0.15, 0.2) is 0 Å². The molecule has 0 aliphatic carbocycles. The zero-order valence-electron chi connectivity index (χ0n) is 10.7. The summed E-state index contributed by atoms with van der Waals surface area (Å²) < 4.78 is 36.1. The maximum absolute atomic E-state index is 13.1. The molecule has 0 N–H and O–H groups in total. The van der Waals surface area contributed by atoms with Gasteiger partial charge >= 0.3 is 5.97 Å². The summed E-state index contributed by atoms with van der Waals surface area (Å²) in [6, 6.07) is 9.25. The van der Waals surface area contributed by atoms with Gasteiger partial charge in [-0.25, -0.2) is 13.6 Å². The fourth-order valence-corrected chi connectivity index (χ4v) is 1.69. The number of carbonyl (C=O) groups excluding carboxylic acids is 1. The molecule has 0 heterocycles. The van der Waals surface area contributed by atoms with Crippen LogP contribution < -0.4 is 4.74 Å². The van der Waals surface area contributed by atoms with E-state index in [-0.39, 0.29) is 17.9 Å². The van der Waals surface area contributed by atoms with E-state index in [0.29, 0.717) is 5.56 Å². The molecule has 3 nitrogen and oxygen atoms in total. The molecule has 2 aromatic carbocycles. The van der Waals surface area contributed by atoms with E-state index in [0.717, 1.165) is 6.07 Å². The largest absolute Gasteiger partial charge is 0.496 e. The van der Waals surface area contributed by atoms with E-state index >= 15 is 0 Å². The molecule has 0 atom stereocenters. The maximum atomic E-state index is 13.1. The van der Waals surface area contributed by atoms with Crippen molar-refractivity contribution >= 4 is 5.97 Å². The summed E-state index contributed by atoms with van der Waals surface area (Å²) in [6.07, 6.45) is 0.